The van der Waals surface area contributed by atoms with Crippen LogP contribution in [0.25, 0.3) is 11.0 Å². The lowest BCUT2D eigenvalue weighted by Crippen LogP contribution is -2.07. The number of nitrogens with zero attached hydrogens (tertiary/aromatic N) is 3. The maximum absolute atomic E-state index is 11.4. The minimum Gasteiger partial charge on any atom is -0.478 e. The molecule has 0 spiro atoms. The molecule has 2 heterocycles. The number of aromatic carboxylic acids is 1. The van der Waals surface area contributed by atoms with Gasteiger partial charge in [0.15, 0.2) is 0 Å². The van der Waals surface area contributed by atoms with Crippen LogP contribution in [0.1, 0.15) is 27.6 Å². The summed E-state index contributed by atoms with van der Waals surface area (Å²) in [6, 6.07) is 11.0. The Balaban J connectivity index is 2.18. The second-order valence-corrected chi connectivity index (χ2v) is 4.99. The predicted octanol–water partition coefficient (Wildman–Crippen LogP) is 2.79. The molecule has 0 bridgehead atoms. The highest BCUT2D eigenvalue weighted by Crippen LogP contribution is 2.21. The molecule has 0 aliphatic rings. The Morgan fingerprint density at radius 2 is 1.90 bits per heavy atom. The molecule has 0 radical (unpaired) electrons. The van der Waals surface area contributed by atoms with Crippen molar-refractivity contribution >= 4 is 17.0 Å². The average Bonchev–Trinajstić information content (AvgIpc) is 2.75. The fourth-order valence-corrected chi connectivity index (χ4v) is 2.52. The number of fused-ring (bicyclic) bond motifs is 1. The minimum atomic E-state index is -0.945. The van der Waals surface area contributed by atoms with E-state index in [1.807, 2.05) is 42.7 Å². The number of aryl methyl sites for hydroxylation is 2. The fraction of sp³-hybridized carbons (Fsp3) is 0.188. The first kappa shape index (κ1) is 13.3. The van der Waals surface area contributed by atoms with Crippen LogP contribution in [0.2, 0.25) is 0 Å². The number of benzene rings is 1. The smallest absolute Gasteiger partial charge is 0.337 e. The normalized spacial score (nSPS) is 11.0. The number of hydrogen-bond donors (Lipinski definition) is 1. The van der Waals surface area contributed by atoms with E-state index in [9.17, 15) is 9.90 Å². The molecular weight excluding hydrogens is 266 g/mol. The summed E-state index contributed by atoms with van der Waals surface area (Å²) in [7, 11) is 0. The van der Waals surface area contributed by atoms with Gasteiger partial charge in [0.05, 0.1) is 28.8 Å². The Morgan fingerprint density at radius 1 is 1.14 bits per heavy atom. The molecule has 0 fully saturated rings. The highest BCUT2D eigenvalue weighted by Gasteiger charge is 2.16. The molecule has 3 aromatic rings. The molecule has 5 heteroatoms. The maximum Gasteiger partial charge on any atom is 0.337 e. The van der Waals surface area contributed by atoms with E-state index in [2.05, 4.69) is 9.97 Å². The van der Waals surface area contributed by atoms with Crippen molar-refractivity contribution in [3.8, 4) is 0 Å². The van der Waals surface area contributed by atoms with Crippen LogP contribution in [-0.2, 0) is 6.54 Å². The molecule has 5 nitrogen and oxygen atoms in total. The number of para-hydroxylation sites is 1. The summed E-state index contributed by atoms with van der Waals surface area (Å²) in [6.45, 7) is 4.32. The molecule has 0 aliphatic heterocycles. The molecule has 0 atom stereocenters. The van der Waals surface area contributed by atoms with Crippen LogP contribution in [0.3, 0.4) is 0 Å². The number of carbonyl (C=O) groups is 1. The van der Waals surface area contributed by atoms with E-state index in [0.29, 0.717) is 17.6 Å². The Bertz CT molecular complexity index is 837. The number of hydrogen-bond acceptors (Lipinski definition) is 3. The number of rotatable bonds is 3. The first-order chi connectivity index (χ1) is 10.1. The van der Waals surface area contributed by atoms with Crippen molar-refractivity contribution in [1.82, 2.24) is 14.5 Å². The monoisotopic (exact) mass is 281 g/mol. The lowest BCUT2D eigenvalue weighted by Gasteiger charge is -2.08. The van der Waals surface area contributed by atoms with E-state index < -0.39 is 5.97 Å². The quantitative estimate of drug-likeness (QED) is 0.801. The molecule has 0 unspecified atom stereocenters. The molecule has 0 saturated carbocycles. The topological polar surface area (TPSA) is 68.0 Å². The van der Waals surface area contributed by atoms with Gasteiger partial charge in [-0.25, -0.2) is 9.78 Å². The van der Waals surface area contributed by atoms with Gasteiger partial charge in [0.2, 0.25) is 0 Å². The van der Waals surface area contributed by atoms with Gasteiger partial charge in [0.25, 0.3) is 0 Å². The lowest BCUT2D eigenvalue weighted by molar-refractivity contribution is 0.0698. The summed E-state index contributed by atoms with van der Waals surface area (Å²) in [5, 5.41) is 9.37. The molecular formula is C16H15N3O2. The van der Waals surface area contributed by atoms with E-state index in [1.165, 1.54) is 0 Å². The van der Waals surface area contributed by atoms with Crippen molar-refractivity contribution in [2.75, 3.05) is 0 Å². The predicted molar refractivity (Wildman–Crippen MR) is 79.5 cm³/mol. The van der Waals surface area contributed by atoms with Crippen LogP contribution in [-0.4, -0.2) is 25.6 Å². The van der Waals surface area contributed by atoms with E-state index in [4.69, 9.17) is 0 Å². The third-order valence-corrected chi connectivity index (χ3v) is 3.45. The maximum atomic E-state index is 11.4. The van der Waals surface area contributed by atoms with Gasteiger partial charge in [0, 0.05) is 5.69 Å². The summed E-state index contributed by atoms with van der Waals surface area (Å²) in [6.07, 6.45) is 0. The first-order valence-corrected chi connectivity index (χ1v) is 6.68. The molecule has 1 N–H and O–H groups in total. The molecule has 21 heavy (non-hydrogen) atoms. The highest BCUT2D eigenvalue weighted by molar-refractivity contribution is 6.01. The van der Waals surface area contributed by atoms with Crippen molar-refractivity contribution in [2.24, 2.45) is 0 Å². The highest BCUT2D eigenvalue weighted by atomic mass is 16.4. The van der Waals surface area contributed by atoms with Crippen molar-refractivity contribution in [3.63, 3.8) is 0 Å². The SMILES string of the molecule is Cc1cccc(Cn2c(C)nc3cccc(C(=O)O)c32)n1. The molecule has 0 saturated heterocycles. The van der Waals surface area contributed by atoms with Gasteiger partial charge >= 0.3 is 5.97 Å². The zero-order valence-corrected chi connectivity index (χ0v) is 11.9. The Morgan fingerprint density at radius 3 is 2.62 bits per heavy atom. The van der Waals surface area contributed by atoms with Gasteiger partial charge in [-0.2, -0.15) is 0 Å². The molecule has 0 aliphatic carbocycles. The molecule has 3 rings (SSSR count). The Kier molecular flexibility index (Phi) is 3.17. The first-order valence-electron chi connectivity index (χ1n) is 6.68. The fourth-order valence-electron chi connectivity index (χ4n) is 2.52. The third-order valence-electron chi connectivity index (χ3n) is 3.45. The van der Waals surface area contributed by atoms with Crippen molar-refractivity contribution in [1.29, 1.82) is 0 Å². The van der Waals surface area contributed by atoms with Gasteiger partial charge in [-0.1, -0.05) is 12.1 Å². The molecule has 1 aromatic carbocycles. The number of aromatic nitrogens is 3. The van der Waals surface area contributed by atoms with Crippen LogP contribution in [0.15, 0.2) is 36.4 Å². The standard InChI is InChI=1S/C16H15N3O2/c1-10-5-3-6-12(17-10)9-19-11(2)18-14-8-4-7-13(15(14)19)16(20)21/h3-8H,9H2,1-2H3,(H,20,21). The molecule has 0 amide bonds. The van der Waals surface area contributed by atoms with Crippen molar-refractivity contribution in [3.05, 3.63) is 59.2 Å². The summed E-state index contributed by atoms with van der Waals surface area (Å²) in [5.41, 5.74) is 3.43. The Hall–Kier alpha value is -2.69. The van der Waals surface area contributed by atoms with Gasteiger partial charge in [-0.3, -0.25) is 4.98 Å². The number of carboxylic acids is 1. The Labute approximate surface area is 121 Å². The summed E-state index contributed by atoms with van der Waals surface area (Å²) in [5.74, 6) is -0.166. The van der Waals surface area contributed by atoms with E-state index in [1.54, 1.807) is 12.1 Å². The number of pyridine rings is 1. The van der Waals surface area contributed by atoms with Crippen LogP contribution in [0.5, 0.6) is 0 Å². The van der Waals surface area contributed by atoms with Crippen molar-refractivity contribution < 1.29 is 9.90 Å². The van der Waals surface area contributed by atoms with Crippen LogP contribution >= 0.6 is 0 Å². The zero-order chi connectivity index (χ0) is 15.0. The summed E-state index contributed by atoms with van der Waals surface area (Å²) < 4.78 is 1.90. The van der Waals surface area contributed by atoms with Crippen LogP contribution in [0.4, 0.5) is 0 Å². The van der Waals surface area contributed by atoms with Gasteiger partial charge in [-0.05, 0) is 38.1 Å². The van der Waals surface area contributed by atoms with E-state index >= 15 is 0 Å². The van der Waals surface area contributed by atoms with Gasteiger partial charge < -0.3 is 9.67 Å². The number of carboxylic acid groups (broad SMARTS) is 1. The second-order valence-electron chi connectivity index (χ2n) is 4.99. The zero-order valence-electron chi connectivity index (χ0n) is 11.9. The number of imidazole rings is 1. The summed E-state index contributed by atoms with van der Waals surface area (Å²) in [4.78, 5) is 20.3. The third kappa shape index (κ3) is 2.38. The second kappa shape index (κ2) is 5.01. The molecule has 106 valence electrons. The average molecular weight is 281 g/mol. The van der Waals surface area contributed by atoms with E-state index in [-0.39, 0.29) is 5.56 Å². The summed E-state index contributed by atoms with van der Waals surface area (Å²) >= 11 is 0. The minimum absolute atomic E-state index is 0.265. The largest absolute Gasteiger partial charge is 0.478 e. The van der Waals surface area contributed by atoms with E-state index in [0.717, 1.165) is 17.2 Å². The van der Waals surface area contributed by atoms with Crippen LogP contribution < -0.4 is 0 Å². The molecule has 2 aromatic heterocycles. The van der Waals surface area contributed by atoms with Crippen molar-refractivity contribution in [2.45, 2.75) is 20.4 Å². The lowest BCUT2D eigenvalue weighted by atomic mass is 10.2. The van der Waals surface area contributed by atoms with Crippen LogP contribution in [0, 0.1) is 13.8 Å². The van der Waals surface area contributed by atoms with Gasteiger partial charge in [-0.15, -0.1) is 0 Å². The van der Waals surface area contributed by atoms with Gasteiger partial charge in [0.1, 0.15) is 5.82 Å².